The molecule has 0 radical (unpaired) electrons. The third-order valence-electron chi connectivity index (χ3n) is 1.84. The molecule has 0 aliphatic carbocycles. The molecule has 1 aliphatic rings. The van der Waals surface area contributed by atoms with Gasteiger partial charge < -0.3 is 15.5 Å². The van der Waals surface area contributed by atoms with E-state index in [2.05, 4.69) is 5.32 Å². The number of hydrogen-bond acceptors (Lipinski definition) is 4. The van der Waals surface area contributed by atoms with Crippen LogP contribution in [0, 0.1) is 0 Å². The Bertz CT molecular complexity index is 103. The third kappa shape index (κ3) is 2.99. The van der Waals surface area contributed by atoms with Crippen LogP contribution in [-0.2, 0) is 0 Å². The third-order valence-corrected chi connectivity index (χ3v) is 3.00. The molecule has 1 heterocycles. The zero-order chi connectivity index (χ0) is 8.10. The molecule has 11 heavy (non-hydrogen) atoms. The fourth-order valence-corrected chi connectivity index (χ4v) is 2.33. The van der Waals surface area contributed by atoms with E-state index in [1.54, 1.807) is 0 Å². The van der Waals surface area contributed by atoms with Crippen LogP contribution in [-0.4, -0.2) is 47.0 Å². The van der Waals surface area contributed by atoms with Gasteiger partial charge in [0, 0.05) is 11.8 Å². The normalized spacial score (nSPS) is 24.8. The Balaban J connectivity index is 2.16. The van der Waals surface area contributed by atoms with Crippen molar-refractivity contribution in [3.05, 3.63) is 0 Å². The van der Waals surface area contributed by atoms with Crippen molar-refractivity contribution >= 4 is 11.8 Å². The van der Waals surface area contributed by atoms with Gasteiger partial charge in [-0.3, -0.25) is 0 Å². The summed E-state index contributed by atoms with van der Waals surface area (Å²) in [6.07, 6.45) is 1.15. The van der Waals surface area contributed by atoms with Gasteiger partial charge in [-0.1, -0.05) is 0 Å². The van der Waals surface area contributed by atoms with Crippen molar-refractivity contribution in [2.45, 2.75) is 18.5 Å². The van der Waals surface area contributed by atoms with E-state index in [9.17, 15) is 0 Å². The Labute approximate surface area is 71.2 Å². The molecule has 0 bridgehead atoms. The maximum Gasteiger partial charge on any atom is 0.0607 e. The summed E-state index contributed by atoms with van der Waals surface area (Å²) in [5, 5.41) is 20.7. The van der Waals surface area contributed by atoms with Gasteiger partial charge in [0.05, 0.1) is 19.3 Å². The van der Waals surface area contributed by atoms with Gasteiger partial charge in [-0.25, -0.2) is 0 Å². The Morgan fingerprint density at radius 1 is 1.45 bits per heavy atom. The first-order valence-corrected chi connectivity index (χ1v) is 5.07. The maximum atomic E-state index is 8.76. The van der Waals surface area contributed by atoms with E-state index in [4.69, 9.17) is 10.2 Å². The summed E-state index contributed by atoms with van der Waals surface area (Å²) < 4.78 is 0. The summed E-state index contributed by atoms with van der Waals surface area (Å²) in [7, 11) is 0. The average molecular weight is 177 g/mol. The summed E-state index contributed by atoms with van der Waals surface area (Å²) in [6.45, 7) is 0.0509. The fraction of sp³-hybridized carbons (Fsp3) is 1.00. The van der Waals surface area contributed by atoms with Crippen LogP contribution in [0.2, 0.25) is 0 Å². The number of aliphatic hydroxyl groups is 2. The molecule has 3 N–H and O–H groups in total. The number of hydrogen-bond donors (Lipinski definition) is 3. The second-order valence-electron chi connectivity index (χ2n) is 2.79. The first kappa shape index (κ1) is 9.32. The molecule has 1 saturated heterocycles. The number of thioether (sulfide) groups is 1. The van der Waals surface area contributed by atoms with Crippen LogP contribution in [0.15, 0.2) is 0 Å². The molecule has 0 saturated carbocycles. The molecule has 1 aliphatic heterocycles. The molecular formula is C7H15NO2S. The van der Waals surface area contributed by atoms with Crippen molar-refractivity contribution < 1.29 is 10.2 Å². The van der Waals surface area contributed by atoms with Crippen LogP contribution in [0.4, 0.5) is 0 Å². The van der Waals surface area contributed by atoms with Crippen molar-refractivity contribution in [3.63, 3.8) is 0 Å². The molecule has 0 aromatic carbocycles. The van der Waals surface area contributed by atoms with E-state index in [0.29, 0.717) is 6.04 Å². The summed E-state index contributed by atoms with van der Waals surface area (Å²) in [6, 6.07) is 0.364. The molecule has 0 spiro atoms. The molecule has 1 rings (SSSR count). The second kappa shape index (κ2) is 4.98. The number of rotatable bonds is 4. The fourth-order valence-electron chi connectivity index (χ4n) is 1.16. The quantitative estimate of drug-likeness (QED) is 0.538. The highest BCUT2D eigenvalue weighted by molar-refractivity contribution is 7.99. The number of aliphatic hydroxyl groups excluding tert-OH is 2. The summed E-state index contributed by atoms with van der Waals surface area (Å²) >= 11 is 1.92. The smallest absolute Gasteiger partial charge is 0.0607 e. The lowest BCUT2D eigenvalue weighted by Gasteiger charge is -2.17. The second-order valence-corrected chi connectivity index (χ2v) is 3.94. The Hall–Kier alpha value is 0.230. The SMILES string of the molecule is OCC(CO)N[C@@H]1CCSC1. The van der Waals surface area contributed by atoms with Crippen molar-refractivity contribution in [1.82, 2.24) is 5.32 Å². The largest absolute Gasteiger partial charge is 0.395 e. The van der Waals surface area contributed by atoms with Crippen molar-refractivity contribution in [2.75, 3.05) is 24.7 Å². The highest BCUT2D eigenvalue weighted by atomic mass is 32.2. The van der Waals surface area contributed by atoms with Crippen molar-refractivity contribution in [1.29, 1.82) is 0 Å². The molecule has 66 valence electrons. The van der Waals surface area contributed by atoms with Gasteiger partial charge in [0.15, 0.2) is 0 Å². The molecule has 3 nitrogen and oxygen atoms in total. The van der Waals surface area contributed by atoms with Crippen LogP contribution in [0.1, 0.15) is 6.42 Å². The lowest BCUT2D eigenvalue weighted by Crippen LogP contribution is -2.42. The van der Waals surface area contributed by atoms with Crippen LogP contribution >= 0.6 is 11.8 Å². The van der Waals surface area contributed by atoms with E-state index < -0.39 is 0 Å². The molecule has 4 heteroatoms. The molecular weight excluding hydrogens is 162 g/mol. The van der Waals surface area contributed by atoms with Crippen molar-refractivity contribution in [3.8, 4) is 0 Å². The van der Waals surface area contributed by atoms with Gasteiger partial charge in [0.25, 0.3) is 0 Å². The predicted molar refractivity (Wildman–Crippen MR) is 46.8 cm³/mol. The molecule has 0 amide bonds. The maximum absolute atomic E-state index is 8.76. The van der Waals surface area contributed by atoms with Gasteiger partial charge in [-0.15, -0.1) is 0 Å². The molecule has 1 atom stereocenters. The zero-order valence-corrected chi connectivity index (χ0v) is 7.31. The molecule has 0 aromatic heterocycles. The lowest BCUT2D eigenvalue weighted by molar-refractivity contribution is 0.164. The summed E-state index contributed by atoms with van der Waals surface area (Å²) in [5.74, 6) is 2.30. The van der Waals surface area contributed by atoms with E-state index in [-0.39, 0.29) is 19.3 Å². The van der Waals surface area contributed by atoms with E-state index >= 15 is 0 Å². The minimum Gasteiger partial charge on any atom is -0.395 e. The predicted octanol–water partition coefficient (Wildman–Crippen LogP) is -0.565. The molecule has 1 fully saturated rings. The highest BCUT2D eigenvalue weighted by Crippen LogP contribution is 2.17. The average Bonchev–Trinajstić information content (AvgIpc) is 2.52. The van der Waals surface area contributed by atoms with E-state index in [0.717, 1.165) is 12.2 Å². The molecule has 0 aromatic rings. The van der Waals surface area contributed by atoms with Crippen LogP contribution in [0.3, 0.4) is 0 Å². The minimum atomic E-state index is -0.126. The standard InChI is InChI=1S/C7H15NO2S/c9-3-7(4-10)8-6-1-2-11-5-6/h6-10H,1-5H2/t6-/m1/s1. The zero-order valence-electron chi connectivity index (χ0n) is 6.49. The van der Waals surface area contributed by atoms with Crippen LogP contribution < -0.4 is 5.32 Å². The van der Waals surface area contributed by atoms with Gasteiger partial charge in [0.2, 0.25) is 0 Å². The highest BCUT2D eigenvalue weighted by Gasteiger charge is 2.18. The first-order chi connectivity index (χ1) is 5.36. The Morgan fingerprint density at radius 2 is 2.18 bits per heavy atom. The van der Waals surface area contributed by atoms with E-state index in [1.165, 1.54) is 5.75 Å². The van der Waals surface area contributed by atoms with Crippen LogP contribution in [0.5, 0.6) is 0 Å². The monoisotopic (exact) mass is 177 g/mol. The molecule has 0 unspecified atom stereocenters. The summed E-state index contributed by atoms with van der Waals surface area (Å²) in [5.41, 5.74) is 0. The summed E-state index contributed by atoms with van der Waals surface area (Å²) in [4.78, 5) is 0. The van der Waals surface area contributed by atoms with Crippen LogP contribution in [0.25, 0.3) is 0 Å². The van der Waals surface area contributed by atoms with Gasteiger partial charge >= 0.3 is 0 Å². The van der Waals surface area contributed by atoms with Crippen molar-refractivity contribution in [2.24, 2.45) is 0 Å². The number of nitrogens with one attached hydrogen (secondary N) is 1. The first-order valence-electron chi connectivity index (χ1n) is 3.92. The van der Waals surface area contributed by atoms with Gasteiger partial charge in [-0.2, -0.15) is 11.8 Å². The van der Waals surface area contributed by atoms with Gasteiger partial charge in [-0.05, 0) is 12.2 Å². The minimum absolute atomic E-state index is 0.0255. The Kier molecular flexibility index (Phi) is 4.22. The van der Waals surface area contributed by atoms with Gasteiger partial charge in [0.1, 0.15) is 0 Å². The lowest BCUT2D eigenvalue weighted by atomic mass is 10.2. The topological polar surface area (TPSA) is 52.5 Å². The van der Waals surface area contributed by atoms with E-state index in [1.807, 2.05) is 11.8 Å². The Morgan fingerprint density at radius 3 is 2.64 bits per heavy atom.